The molecule has 12 atom stereocenters. The summed E-state index contributed by atoms with van der Waals surface area (Å²) in [6, 6.07) is 0. The number of carbonyl (C=O) groups excluding carboxylic acids is 3. The van der Waals surface area contributed by atoms with Crippen LogP contribution in [0.1, 0.15) is 100 Å². The van der Waals surface area contributed by atoms with E-state index >= 15 is 0 Å². The van der Waals surface area contributed by atoms with E-state index in [9.17, 15) is 34.8 Å². The molecular formula is C39H58O10. The number of carbonyl (C=O) groups is 3. The Morgan fingerprint density at radius 3 is 2.31 bits per heavy atom. The predicted molar refractivity (Wildman–Crippen MR) is 181 cm³/mol. The van der Waals surface area contributed by atoms with Crippen LogP contribution in [0.5, 0.6) is 0 Å². The summed E-state index contributed by atoms with van der Waals surface area (Å²) in [6.45, 7) is 19.9. The van der Waals surface area contributed by atoms with E-state index in [1.54, 1.807) is 0 Å². The minimum Gasteiger partial charge on any atom is -0.462 e. The number of ketones is 1. The normalized spacial score (nSPS) is 41.9. The van der Waals surface area contributed by atoms with Gasteiger partial charge in [0, 0.05) is 30.1 Å². The van der Waals surface area contributed by atoms with Gasteiger partial charge in [-0.3, -0.25) is 14.4 Å². The molecule has 10 nitrogen and oxygen atoms in total. The minimum absolute atomic E-state index is 0.161. The molecule has 2 saturated carbocycles. The van der Waals surface area contributed by atoms with Gasteiger partial charge >= 0.3 is 11.9 Å². The number of hydrogen-bond donors (Lipinski definition) is 4. The van der Waals surface area contributed by atoms with Gasteiger partial charge in [-0.15, -0.1) is 0 Å². The Morgan fingerprint density at radius 2 is 1.69 bits per heavy atom. The molecule has 0 amide bonds. The molecule has 10 heteroatoms. The predicted octanol–water partition coefficient (Wildman–Crippen LogP) is 4.57. The van der Waals surface area contributed by atoms with Gasteiger partial charge < -0.3 is 34.6 Å². The van der Waals surface area contributed by atoms with Crippen molar-refractivity contribution >= 4 is 17.7 Å². The molecule has 0 aromatic heterocycles. The maximum absolute atomic E-state index is 14.4. The Hall–Kier alpha value is -2.37. The number of fused-ring (bicyclic) bond motifs is 5. The zero-order valence-electron chi connectivity index (χ0n) is 30.5. The molecule has 0 radical (unpaired) electrons. The number of aliphatic hydroxyl groups is 4. The van der Waals surface area contributed by atoms with Crippen molar-refractivity contribution in [3.8, 4) is 0 Å². The summed E-state index contributed by atoms with van der Waals surface area (Å²) >= 11 is 0. The van der Waals surface area contributed by atoms with Crippen molar-refractivity contribution in [3.05, 3.63) is 35.5 Å². The third-order valence-electron chi connectivity index (χ3n) is 13.8. The molecular weight excluding hydrogens is 628 g/mol. The van der Waals surface area contributed by atoms with Crippen LogP contribution in [0, 0.1) is 45.3 Å². The number of ether oxygens (including phenoxy) is 3. The second-order valence-corrected chi connectivity index (χ2v) is 17.0. The van der Waals surface area contributed by atoms with Crippen molar-refractivity contribution in [1.29, 1.82) is 0 Å². The van der Waals surface area contributed by atoms with Crippen LogP contribution in [0.15, 0.2) is 35.5 Å². The summed E-state index contributed by atoms with van der Waals surface area (Å²) in [5, 5.41) is 41.2. The molecule has 0 bridgehead atoms. The van der Waals surface area contributed by atoms with Crippen molar-refractivity contribution in [2.75, 3.05) is 6.61 Å². The largest absolute Gasteiger partial charge is 0.462 e. The zero-order chi connectivity index (χ0) is 36.4. The summed E-state index contributed by atoms with van der Waals surface area (Å²) < 4.78 is 17.5. The summed E-state index contributed by atoms with van der Waals surface area (Å²) in [5.74, 6) is -1.80. The van der Waals surface area contributed by atoms with Crippen molar-refractivity contribution in [3.63, 3.8) is 0 Å². The SMILES string of the molecule is C=C(CC[C@@H](C(=O)O[C@@H]1O[C@H](CO)[C@@H](O)[C@H](O)[C@H]1O)[C@H]1[C@H](OC(C)=O)C[C@@]2(C)C3=CC[C@H]4C(C)(C)C(=O)CC[C@]4(C)C3=CC[C@]12C)C(C)C. The van der Waals surface area contributed by atoms with Crippen molar-refractivity contribution in [2.45, 2.75) is 137 Å². The summed E-state index contributed by atoms with van der Waals surface area (Å²) in [5.41, 5.74) is 1.72. The van der Waals surface area contributed by atoms with E-state index < -0.39 is 83.4 Å². The fourth-order valence-electron chi connectivity index (χ4n) is 10.4. The van der Waals surface area contributed by atoms with E-state index in [1.807, 2.05) is 13.8 Å². The van der Waals surface area contributed by atoms with Crippen molar-refractivity contribution in [1.82, 2.24) is 0 Å². The van der Waals surface area contributed by atoms with E-state index in [0.29, 0.717) is 37.9 Å². The molecule has 3 fully saturated rings. The highest BCUT2D eigenvalue weighted by molar-refractivity contribution is 5.86. The van der Waals surface area contributed by atoms with E-state index in [4.69, 9.17) is 14.2 Å². The Balaban J connectivity index is 1.56. The molecule has 0 aromatic carbocycles. The van der Waals surface area contributed by atoms with Gasteiger partial charge in [0.15, 0.2) is 0 Å². The molecule has 49 heavy (non-hydrogen) atoms. The molecule has 4 aliphatic carbocycles. The highest BCUT2D eigenvalue weighted by Gasteiger charge is 2.68. The topological polar surface area (TPSA) is 160 Å². The monoisotopic (exact) mass is 686 g/mol. The van der Waals surface area contributed by atoms with Gasteiger partial charge in [-0.1, -0.05) is 72.8 Å². The second kappa shape index (κ2) is 13.3. The molecule has 0 aromatic rings. The lowest BCUT2D eigenvalue weighted by molar-refractivity contribution is -0.294. The second-order valence-electron chi connectivity index (χ2n) is 17.0. The van der Waals surface area contributed by atoms with E-state index in [2.05, 4.69) is 53.3 Å². The van der Waals surface area contributed by atoms with Gasteiger partial charge in [0.1, 0.15) is 36.3 Å². The van der Waals surface area contributed by atoms with Gasteiger partial charge in [0.2, 0.25) is 6.29 Å². The van der Waals surface area contributed by atoms with Crippen LogP contribution >= 0.6 is 0 Å². The Morgan fingerprint density at radius 1 is 1.02 bits per heavy atom. The molecule has 5 aliphatic rings. The maximum atomic E-state index is 14.4. The molecule has 1 saturated heterocycles. The fraction of sp³-hybridized carbons (Fsp3) is 0.769. The van der Waals surface area contributed by atoms with Crippen LogP contribution < -0.4 is 0 Å². The third-order valence-corrected chi connectivity index (χ3v) is 13.8. The molecule has 274 valence electrons. The Labute approximate surface area is 291 Å². The molecule has 5 rings (SSSR count). The number of aliphatic hydroxyl groups excluding tert-OH is 4. The number of esters is 2. The number of rotatable bonds is 9. The average Bonchev–Trinajstić information content (AvgIpc) is 3.25. The van der Waals surface area contributed by atoms with Gasteiger partial charge in [-0.05, 0) is 72.3 Å². The summed E-state index contributed by atoms with van der Waals surface area (Å²) in [6.07, 6.45) is 0.105. The van der Waals surface area contributed by atoms with E-state index in [0.717, 1.165) is 18.4 Å². The lowest BCUT2D eigenvalue weighted by atomic mass is 9.44. The first-order valence-corrected chi connectivity index (χ1v) is 18.1. The first-order chi connectivity index (χ1) is 22.7. The zero-order valence-corrected chi connectivity index (χ0v) is 30.5. The average molecular weight is 687 g/mol. The van der Waals surface area contributed by atoms with Crippen LogP contribution in [0.2, 0.25) is 0 Å². The molecule has 1 heterocycles. The molecule has 0 unspecified atom stereocenters. The van der Waals surface area contributed by atoms with Gasteiger partial charge in [-0.25, -0.2) is 0 Å². The minimum atomic E-state index is -1.74. The lowest BCUT2D eigenvalue weighted by Gasteiger charge is -2.59. The number of Topliss-reactive ketones (excluding diaryl/α,β-unsaturated/α-hetero) is 1. The standard InChI is InChI=1S/C39H58O10/c1-20(2)21(3)10-11-23(34(46)49-35-33(45)32(44)31(43)27(19-40)48-35)30-26(47-22(4)41)18-39(9)25-12-13-28-36(5,6)29(42)15-16-37(28,7)24(25)14-17-38(30,39)8/h12,14,20,23,26-28,30-33,35,40,43-45H,3,10-11,13,15-19H2,1-2,4-9H3/t23-,26-,27-,28+,30+,31-,32+,33-,35+,37-,38-,39+/m1/s1. The smallest absolute Gasteiger partial charge is 0.311 e. The summed E-state index contributed by atoms with van der Waals surface area (Å²) in [7, 11) is 0. The molecule has 1 aliphatic heterocycles. The molecule has 4 N–H and O–H groups in total. The van der Waals surface area contributed by atoms with Crippen LogP contribution in [0.25, 0.3) is 0 Å². The van der Waals surface area contributed by atoms with Crippen LogP contribution in [0.3, 0.4) is 0 Å². The van der Waals surface area contributed by atoms with Crippen molar-refractivity contribution in [2.24, 2.45) is 45.3 Å². The quantitative estimate of drug-likeness (QED) is 0.200. The highest BCUT2D eigenvalue weighted by atomic mass is 16.7. The van der Waals surface area contributed by atoms with Gasteiger partial charge in [-0.2, -0.15) is 0 Å². The van der Waals surface area contributed by atoms with E-state index in [1.165, 1.54) is 18.1 Å². The lowest BCUT2D eigenvalue weighted by Crippen LogP contribution is -2.60. The first-order valence-electron chi connectivity index (χ1n) is 18.1. The van der Waals surface area contributed by atoms with Gasteiger partial charge in [0.25, 0.3) is 0 Å². The first kappa shape index (κ1) is 37.9. The highest BCUT2D eigenvalue weighted by Crippen LogP contribution is 2.72. The fourth-order valence-corrected chi connectivity index (χ4v) is 10.4. The number of hydrogen-bond acceptors (Lipinski definition) is 10. The van der Waals surface area contributed by atoms with Crippen LogP contribution in [-0.2, 0) is 28.6 Å². The maximum Gasteiger partial charge on any atom is 0.311 e. The number of allylic oxidation sites excluding steroid dienone is 5. The van der Waals surface area contributed by atoms with Crippen molar-refractivity contribution < 1.29 is 49.0 Å². The third kappa shape index (κ3) is 6.07. The van der Waals surface area contributed by atoms with Crippen LogP contribution in [-0.4, -0.2) is 81.6 Å². The summed E-state index contributed by atoms with van der Waals surface area (Å²) in [4.78, 5) is 40.2. The Bertz CT molecular complexity index is 1410. The van der Waals surface area contributed by atoms with E-state index in [-0.39, 0.29) is 17.3 Å². The Kier molecular flexibility index (Phi) is 10.3. The van der Waals surface area contributed by atoms with Crippen LogP contribution in [0.4, 0.5) is 0 Å². The molecule has 0 spiro atoms. The van der Waals surface area contributed by atoms with Gasteiger partial charge in [0.05, 0.1) is 12.5 Å².